The lowest BCUT2D eigenvalue weighted by Gasteiger charge is -2.17. The molecule has 1 rings (SSSR count). The van der Waals surface area contributed by atoms with E-state index in [1.54, 1.807) is 0 Å². The summed E-state index contributed by atoms with van der Waals surface area (Å²) in [6.07, 6.45) is 2.23. The van der Waals surface area contributed by atoms with Gasteiger partial charge in [0.1, 0.15) is 5.75 Å². The van der Waals surface area contributed by atoms with Crippen LogP contribution in [0.3, 0.4) is 0 Å². The van der Waals surface area contributed by atoms with Crippen LogP contribution in [0.4, 0.5) is 0 Å². The van der Waals surface area contributed by atoms with E-state index in [9.17, 15) is 0 Å². The predicted octanol–water partition coefficient (Wildman–Crippen LogP) is 2.52. The first-order valence-corrected chi connectivity index (χ1v) is 6.81. The molecule has 0 saturated heterocycles. The van der Waals surface area contributed by atoms with Crippen molar-refractivity contribution < 1.29 is 4.74 Å². The highest BCUT2D eigenvalue weighted by atomic mass is 16.5. The molecule has 18 heavy (non-hydrogen) atoms. The molecule has 3 heteroatoms. The summed E-state index contributed by atoms with van der Waals surface area (Å²) in [5.41, 5.74) is 1.32. The lowest BCUT2D eigenvalue weighted by atomic mass is 10.2. The standard InChI is InChI=1S/C15H26N2O/c1-4-11-18-15-8-5-7-14(12-15)13-17(3)10-6-9-16-2/h5,7-8,12,16H,4,6,9-11,13H2,1-3H3. The van der Waals surface area contributed by atoms with Crippen LogP contribution in [0.5, 0.6) is 5.75 Å². The van der Waals surface area contributed by atoms with Gasteiger partial charge in [-0.15, -0.1) is 0 Å². The number of hydrogen-bond acceptors (Lipinski definition) is 3. The maximum Gasteiger partial charge on any atom is 0.119 e. The minimum Gasteiger partial charge on any atom is -0.494 e. The van der Waals surface area contributed by atoms with Gasteiger partial charge in [0.2, 0.25) is 0 Å². The Morgan fingerprint density at radius 2 is 2.17 bits per heavy atom. The quantitative estimate of drug-likeness (QED) is 0.682. The van der Waals surface area contributed by atoms with Crippen LogP contribution < -0.4 is 10.1 Å². The summed E-state index contributed by atoms with van der Waals surface area (Å²) in [6, 6.07) is 8.40. The molecule has 1 N–H and O–H groups in total. The van der Waals surface area contributed by atoms with E-state index < -0.39 is 0 Å². The number of nitrogens with one attached hydrogen (secondary N) is 1. The normalized spacial score (nSPS) is 10.9. The Bertz CT molecular complexity index is 328. The van der Waals surface area contributed by atoms with Crippen LogP contribution >= 0.6 is 0 Å². The van der Waals surface area contributed by atoms with Crippen LogP contribution in [-0.2, 0) is 6.54 Å². The molecule has 0 unspecified atom stereocenters. The average molecular weight is 250 g/mol. The van der Waals surface area contributed by atoms with Gasteiger partial charge in [-0.3, -0.25) is 0 Å². The zero-order chi connectivity index (χ0) is 13.2. The Labute approximate surface area is 111 Å². The predicted molar refractivity (Wildman–Crippen MR) is 77.1 cm³/mol. The van der Waals surface area contributed by atoms with Crippen molar-refractivity contribution in [1.82, 2.24) is 10.2 Å². The molecule has 0 spiro atoms. The second kappa shape index (κ2) is 8.95. The van der Waals surface area contributed by atoms with Gasteiger partial charge >= 0.3 is 0 Å². The minimum atomic E-state index is 0.793. The van der Waals surface area contributed by atoms with E-state index in [0.29, 0.717) is 0 Å². The van der Waals surface area contributed by atoms with Gasteiger partial charge in [-0.05, 0) is 57.7 Å². The summed E-state index contributed by atoms with van der Waals surface area (Å²) in [5, 5.41) is 3.17. The highest BCUT2D eigenvalue weighted by Gasteiger charge is 2.01. The van der Waals surface area contributed by atoms with Crippen LogP contribution in [0.25, 0.3) is 0 Å². The molecule has 0 saturated carbocycles. The second-order valence-corrected chi connectivity index (χ2v) is 4.69. The Morgan fingerprint density at radius 1 is 1.33 bits per heavy atom. The molecule has 0 atom stereocenters. The van der Waals surface area contributed by atoms with Gasteiger partial charge in [0.15, 0.2) is 0 Å². The monoisotopic (exact) mass is 250 g/mol. The SMILES string of the molecule is CCCOc1cccc(CN(C)CCCNC)c1. The van der Waals surface area contributed by atoms with Crippen LogP contribution in [0.15, 0.2) is 24.3 Å². The third kappa shape index (κ3) is 6.03. The van der Waals surface area contributed by atoms with E-state index in [2.05, 4.69) is 42.4 Å². The molecule has 0 amide bonds. The molecule has 102 valence electrons. The van der Waals surface area contributed by atoms with Crippen molar-refractivity contribution >= 4 is 0 Å². The van der Waals surface area contributed by atoms with Gasteiger partial charge in [-0.2, -0.15) is 0 Å². The zero-order valence-corrected chi connectivity index (χ0v) is 11.9. The van der Waals surface area contributed by atoms with Gasteiger partial charge in [0.05, 0.1) is 6.61 Å². The smallest absolute Gasteiger partial charge is 0.119 e. The number of hydrogen-bond donors (Lipinski definition) is 1. The number of ether oxygens (including phenoxy) is 1. The van der Waals surface area contributed by atoms with Gasteiger partial charge < -0.3 is 15.0 Å². The second-order valence-electron chi connectivity index (χ2n) is 4.69. The summed E-state index contributed by atoms with van der Waals surface area (Å²) in [5.74, 6) is 0.984. The van der Waals surface area contributed by atoms with E-state index in [4.69, 9.17) is 4.74 Å². The van der Waals surface area contributed by atoms with Crippen molar-refractivity contribution in [2.24, 2.45) is 0 Å². The fraction of sp³-hybridized carbons (Fsp3) is 0.600. The van der Waals surface area contributed by atoms with Gasteiger partial charge in [-0.1, -0.05) is 19.1 Å². The molecular formula is C15H26N2O. The Morgan fingerprint density at radius 3 is 2.89 bits per heavy atom. The van der Waals surface area contributed by atoms with Crippen molar-refractivity contribution in [2.45, 2.75) is 26.3 Å². The summed E-state index contributed by atoms with van der Waals surface area (Å²) in [4.78, 5) is 2.34. The third-order valence-electron chi connectivity index (χ3n) is 2.79. The Kier molecular flexibility index (Phi) is 7.46. The fourth-order valence-corrected chi connectivity index (χ4v) is 1.87. The largest absolute Gasteiger partial charge is 0.494 e. The first-order valence-electron chi connectivity index (χ1n) is 6.81. The summed E-state index contributed by atoms with van der Waals surface area (Å²) >= 11 is 0. The molecule has 0 aliphatic carbocycles. The molecule has 3 nitrogen and oxygen atoms in total. The molecule has 0 radical (unpaired) electrons. The van der Waals surface area contributed by atoms with Crippen molar-refractivity contribution in [1.29, 1.82) is 0 Å². The molecule has 0 aliphatic rings. The van der Waals surface area contributed by atoms with E-state index in [0.717, 1.165) is 38.4 Å². The minimum absolute atomic E-state index is 0.793. The van der Waals surface area contributed by atoms with Crippen molar-refractivity contribution in [2.75, 3.05) is 33.8 Å². The number of rotatable bonds is 9. The van der Waals surface area contributed by atoms with Crippen LogP contribution in [0.2, 0.25) is 0 Å². The highest BCUT2D eigenvalue weighted by Crippen LogP contribution is 2.14. The van der Waals surface area contributed by atoms with E-state index in [-0.39, 0.29) is 0 Å². The maximum atomic E-state index is 5.65. The Balaban J connectivity index is 2.40. The van der Waals surface area contributed by atoms with Crippen molar-refractivity contribution in [3.8, 4) is 5.75 Å². The summed E-state index contributed by atoms with van der Waals surface area (Å²) in [6.45, 7) is 6.08. The first kappa shape index (κ1) is 15.0. The molecule has 0 aliphatic heterocycles. The Hall–Kier alpha value is -1.06. The molecule has 0 bridgehead atoms. The summed E-state index contributed by atoms with van der Waals surface area (Å²) < 4.78 is 5.65. The van der Waals surface area contributed by atoms with Crippen molar-refractivity contribution in [3.63, 3.8) is 0 Å². The third-order valence-corrected chi connectivity index (χ3v) is 2.79. The van der Waals surface area contributed by atoms with Crippen LogP contribution in [-0.4, -0.2) is 38.7 Å². The first-order chi connectivity index (χ1) is 8.76. The average Bonchev–Trinajstić information content (AvgIpc) is 2.37. The molecule has 1 aromatic rings. The van der Waals surface area contributed by atoms with Gasteiger partial charge in [0.25, 0.3) is 0 Å². The van der Waals surface area contributed by atoms with Crippen LogP contribution in [0.1, 0.15) is 25.3 Å². The van der Waals surface area contributed by atoms with E-state index in [1.165, 1.54) is 12.0 Å². The lowest BCUT2D eigenvalue weighted by molar-refractivity contribution is 0.310. The molecule has 1 aromatic carbocycles. The summed E-state index contributed by atoms with van der Waals surface area (Å²) in [7, 11) is 4.16. The topological polar surface area (TPSA) is 24.5 Å². The molecule has 0 fully saturated rings. The van der Waals surface area contributed by atoms with Crippen molar-refractivity contribution in [3.05, 3.63) is 29.8 Å². The highest BCUT2D eigenvalue weighted by molar-refractivity contribution is 5.28. The molecule has 0 heterocycles. The van der Waals surface area contributed by atoms with Crippen LogP contribution in [0, 0.1) is 0 Å². The van der Waals surface area contributed by atoms with Gasteiger partial charge in [0, 0.05) is 6.54 Å². The number of nitrogens with zero attached hydrogens (tertiary/aromatic N) is 1. The molecular weight excluding hydrogens is 224 g/mol. The number of benzene rings is 1. The fourth-order valence-electron chi connectivity index (χ4n) is 1.87. The van der Waals surface area contributed by atoms with Gasteiger partial charge in [-0.25, -0.2) is 0 Å². The lowest BCUT2D eigenvalue weighted by Crippen LogP contribution is -2.22. The molecule has 0 aromatic heterocycles. The van der Waals surface area contributed by atoms with E-state index >= 15 is 0 Å². The maximum absolute atomic E-state index is 5.65. The zero-order valence-electron chi connectivity index (χ0n) is 11.9. The van der Waals surface area contributed by atoms with E-state index in [1.807, 2.05) is 13.1 Å².